The molecule has 1 aliphatic heterocycles. The monoisotopic (exact) mass is 347 g/mol. The van der Waals surface area contributed by atoms with Crippen LogP contribution >= 0.6 is 0 Å². The smallest absolute Gasteiger partial charge is 0.233 e. The summed E-state index contributed by atoms with van der Waals surface area (Å²) in [6.45, 7) is 3.98. The predicted molar refractivity (Wildman–Crippen MR) is 91.6 cm³/mol. The number of ether oxygens (including phenoxy) is 1. The van der Waals surface area contributed by atoms with Gasteiger partial charge in [0, 0.05) is 31.5 Å². The normalized spacial score (nSPS) is 29.3. The highest BCUT2D eigenvalue weighted by molar-refractivity contribution is 5.91. The highest BCUT2D eigenvalue weighted by Crippen LogP contribution is 2.53. The standard InChI is InChI=1S/C20H26FNO3/c1-2-25-17-13-16(23)20(17)9-11-22(12-10-20)18(24)19(7-8-19)14-3-5-15(21)6-4-14/h3-6,16-17,23H,2,7-13H2,1H3/t16-,17+/m1/s1. The quantitative estimate of drug-likeness (QED) is 0.911. The summed E-state index contributed by atoms with van der Waals surface area (Å²) in [5.74, 6) is -0.108. The van der Waals surface area contributed by atoms with Crippen molar-refractivity contribution in [2.75, 3.05) is 19.7 Å². The molecule has 1 aromatic rings. The number of aliphatic hydroxyl groups excluding tert-OH is 1. The van der Waals surface area contributed by atoms with Gasteiger partial charge >= 0.3 is 0 Å². The molecule has 4 nitrogen and oxygen atoms in total. The van der Waals surface area contributed by atoms with Crippen molar-refractivity contribution in [3.63, 3.8) is 0 Å². The molecule has 0 bridgehead atoms. The van der Waals surface area contributed by atoms with Gasteiger partial charge < -0.3 is 14.7 Å². The Labute approximate surface area is 148 Å². The molecule has 1 heterocycles. The lowest BCUT2D eigenvalue weighted by molar-refractivity contribution is -0.210. The maximum atomic E-state index is 13.2. The Kier molecular flexibility index (Phi) is 4.12. The lowest BCUT2D eigenvalue weighted by Crippen LogP contribution is -2.63. The number of piperidine rings is 1. The minimum absolute atomic E-state index is 0.122. The summed E-state index contributed by atoms with van der Waals surface area (Å²) in [6.07, 6.45) is 3.78. The second-order valence-electron chi connectivity index (χ2n) is 7.81. The zero-order valence-corrected chi connectivity index (χ0v) is 14.7. The van der Waals surface area contributed by atoms with Gasteiger partial charge in [-0.2, -0.15) is 0 Å². The predicted octanol–water partition coefficient (Wildman–Crippen LogP) is 2.64. The van der Waals surface area contributed by atoms with E-state index in [1.54, 1.807) is 12.1 Å². The molecule has 1 amide bonds. The Hall–Kier alpha value is -1.46. The van der Waals surface area contributed by atoms with Crippen molar-refractivity contribution in [1.82, 2.24) is 4.90 Å². The maximum absolute atomic E-state index is 13.2. The van der Waals surface area contributed by atoms with Crippen molar-refractivity contribution in [1.29, 1.82) is 0 Å². The van der Waals surface area contributed by atoms with E-state index in [0.29, 0.717) is 26.1 Å². The van der Waals surface area contributed by atoms with E-state index in [2.05, 4.69) is 0 Å². The summed E-state index contributed by atoms with van der Waals surface area (Å²) in [4.78, 5) is 15.1. The second kappa shape index (κ2) is 6.06. The van der Waals surface area contributed by atoms with E-state index >= 15 is 0 Å². The van der Waals surface area contributed by atoms with Gasteiger partial charge in [-0.3, -0.25) is 4.79 Å². The SMILES string of the molecule is CCO[C@H]1C[C@@H](O)C12CCN(C(=O)C1(c3ccc(F)cc3)CC1)CC2. The molecule has 2 saturated carbocycles. The first-order valence-electron chi connectivity index (χ1n) is 9.37. The molecule has 136 valence electrons. The minimum Gasteiger partial charge on any atom is -0.392 e. The van der Waals surface area contributed by atoms with E-state index in [1.165, 1.54) is 12.1 Å². The fourth-order valence-corrected chi connectivity index (χ4v) is 4.77. The van der Waals surface area contributed by atoms with E-state index < -0.39 is 5.41 Å². The largest absolute Gasteiger partial charge is 0.392 e. The molecule has 0 aromatic heterocycles. The minimum atomic E-state index is -0.449. The fourth-order valence-electron chi connectivity index (χ4n) is 4.77. The molecule has 1 N–H and O–H groups in total. The number of hydrogen-bond acceptors (Lipinski definition) is 3. The maximum Gasteiger partial charge on any atom is 0.233 e. The Morgan fingerprint density at radius 2 is 1.88 bits per heavy atom. The molecule has 0 radical (unpaired) electrons. The summed E-state index contributed by atoms with van der Waals surface area (Å²) < 4.78 is 19.0. The van der Waals surface area contributed by atoms with Crippen LogP contribution in [-0.2, 0) is 14.9 Å². The second-order valence-corrected chi connectivity index (χ2v) is 7.81. The van der Waals surface area contributed by atoms with Gasteiger partial charge in [-0.15, -0.1) is 0 Å². The summed E-state index contributed by atoms with van der Waals surface area (Å²) >= 11 is 0. The molecule has 1 aromatic carbocycles. The average Bonchev–Trinajstić information content (AvgIpc) is 3.43. The van der Waals surface area contributed by atoms with Crippen LogP contribution in [0.25, 0.3) is 0 Å². The molecule has 0 unspecified atom stereocenters. The third kappa shape index (κ3) is 2.59. The number of amides is 1. The highest BCUT2D eigenvalue weighted by atomic mass is 19.1. The molecular weight excluding hydrogens is 321 g/mol. The van der Waals surface area contributed by atoms with E-state index in [4.69, 9.17) is 4.74 Å². The Balaban J connectivity index is 1.44. The molecule has 1 spiro atoms. The summed E-state index contributed by atoms with van der Waals surface area (Å²) in [5.41, 5.74) is 0.310. The molecule has 1 saturated heterocycles. The first-order chi connectivity index (χ1) is 12.0. The number of hydrogen-bond donors (Lipinski definition) is 1. The van der Waals surface area contributed by atoms with Gasteiger partial charge in [0.2, 0.25) is 5.91 Å². The van der Waals surface area contributed by atoms with Crippen molar-refractivity contribution in [3.05, 3.63) is 35.6 Å². The summed E-state index contributed by atoms with van der Waals surface area (Å²) in [7, 11) is 0. The number of rotatable bonds is 4. The van der Waals surface area contributed by atoms with E-state index in [-0.39, 0.29) is 29.3 Å². The van der Waals surface area contributed by atoms with Crippen LogP contribution in [-0.4, -0.2) is 47.8 Å². The topological polar surface area (TPSA) is 49.8 Å². The Morgan fingerprint density at radius 1 is 1.24 bits per heavy atom. The van der Waals surface area contributed by atoms with Crippen molar-refractivity contribution in [3.8, 4) is 0 Å². The molecule has 5 heteroatoms. The van der Waals surface area contributed by atoms with Crippen LogP contribution in [0.4, 0.5) is 4.39 Å². The van der Waals surface area contributed by atoms with Crippen LogP contribution in [0.15, 0.2) is 24.3 Å². The summed E-state index contributed by atoms with van der Waals surface area (Å²) in [6, 6.07) is 6.36. The lowest BCUT2D eigenvalue weighted by Gasteiger charge is -2.56. The fraction of sp³-hybridized carbons (Fsp3) is 0.650. The first kappa shape index (κ1) is 17.0. The van der Waals surface area contributed by atoms with Crippen LogP contribution in [0.2, 0.25) is 0 Å². The van der Waals surface area contributed by atoms with Gasteiger partial charge in [-0.1, -0.05) is 12.1 Å². The molecule has 2 atom stereocenters. The number of aliphatic hydroxyl groups is 1. The zero-order valence-electron chi connectivity index (χ0n) is 14.7. The van der Waals surface area contributed by atoms with Crippen molar-refractivity contribution in [2.45, 2.75) is 56.7 Å². The Bertz CT molecular complexity index is 645. The molecule has 3 aliphatic rings. The van der Waals surface area contributed by atoms with Crippen molar-refractivity contribution in [2.24, 2.45) is 5.41 Å². The van der Waals surface area contributed by atoms with Crippen molar-refractivity contribution < 1.29 is 19.0 Å². The lowest BCUT2D eigenvalue weighted by atomic mass is 9.58. The third-order valence-electron chi connectivity index (χ3n) is 6.65. The van der Waals surface area contributed by atoms with Crippen LogP contribution in [0.1, 0.15) is 44.6 Å². The van der Waals surface area contributed by atoms with E-state index in [0.717, 1.165) is 31.2 Å². The van der Waals surface area contributed by atoms with Gasteiger partial charge in [-0.25, -0.2) is 4.39 Å². The molecule has 4 rings (SSSR count). The van der Waals surface area contributed by atoms with Gasteiger partial charge in [0.1, 0.15) is 5.82 Å². The number of benzene rings is 1. The van der Waals surface area contributed by atoms with Crippen LogP contribution in [0, 0.1) is 11.2 Å². The zero-order chi connectivity index (χ0) is 17.7. The first-order valence-corrected chi connectivity index (χ1v) is 9.37. The van der Waals surface area contributed by atoms with Gasteiger partial charge in [0.15, 0.2) is 0 Å². The number of likely N-dealkylation sites (tertiary alicyclic amines) is 1. The van der Waals surface area contributed by atoms with Crippen LogP contribution in [0.3, 0.4) is 0 Å². The van der Waals surface area contributed by atoms with Crippen molar-refractivity contribution >= 4 is 5.91 Å². The molecule has 3 fully saturated rings. The molecular formula is C20H26FNO3. The van der Waals surface area contributed by atoms with Gasteiger partial charge in [-0.05, 0) is 50.3 Å². The highest BCUT2D eigenvalue weighted by Gasteiger charge is 2.58. The summed E-state index contributed by atoms with van der Waals surface area (Å²) in [5, 5.41) is 10.3. The number of carbonyl (C=O) groups excluding carboxylic acids is 1. The van der Waals surface area contributed by atoms with Gasteiger partial charge in [0.05, 0.1) is 17.6 Å². The number of halogens is 1. The van der Waals surface area contributed by atoms with Gasteiger partial charge in [0.25, 0.3) is 0 Å². The average molecular weight is 347 g/mol. The molecule has 25 heavy (non-hydrogen) atoms. The number of nitrogens with zero attached hydrogens (tertiary/aromatic N) is 1. The molecule has 2 aliphatic carbocycles. The van der Waals surface area contributed by atoms with Crippen LogP contribution in [0.5, 0.6) is 0 Å². The third-order valence-corrected chi connectivity index (χ3v) is 6.65. The number of carbonyl (C=O) groups is 1. The van der Waals surface area contributed by atoms with E-state index in [9.17, 15) is 14.3 Å². The van der Waals surface area contributed by atoms with E-state index in [1.807, 2.05) is 11.8 Å². The van der Waals surface area contributed by atoms with Crippen LogP contribution < -0.4 is 0 Å². The Morgan fingerprint density at radius 3 is 2.40 bits per heavy atom.